The average molecular weight is 288 g/mol. The summed E-state index contributed by atoms with van der Waals surface area (Å²) in [6.45, 7) is 3.95. The van der Waals surface area contributed by atoms with Crippen LogP contribution in [0.1, 0.15) is 11.5 Å². The number of halogens is 1. The summed E-state index contributed by atoms with van der Waals surface area (Å²) in [5, 5.41) is 0. The van der Waals surface area contributed by atoms with Crippen molar-refractivity contribution in [3.8, 4) is 0 Å². The van der Waals surface area contributed by atoms with Crippen molar-refractivity contribution in [3.63, 3.8) is 0 Å². The normalized spacial score (nSPS) is 11.0. The van der Waals surface area contributed by atoms with Gasteiger partial charge in [0.15, 0.2) is 5.82 Å². The van der Waals surface area contributed by atoms with Gasteiger partial charge in [0.2, 0.25) is 0 Å². The summed E-state index contributed by atoms with van der Waals surface area (Å²) in [5.41, 5.74) is 7.73. The Morgan fingerprint density at radius 1 is 1.46 bits per heavy atom. The summed E-state index contributed by atoms with van der Waals surface area (Å²) in [4.78, 5) is 8.43. The van der Waals surface area contributed by atoms with Crippen LogP contribution in [0.15, 0.2) is 6.20 Å². The molecule has 5 heteroatoms. The largest absolute Gasteiger partial charge is 0.382 e. The predicted molar refractivity (Wildman–Crippen MR) is 59.6 cm³/mol. The van der Waals surface area contributed by atoms with Gasteiger partial charge >= 0.3 is 0 Å². The van der Waals surface area contributed by atoms with E-state index in [1.165, 1.54) is 0 Å². The van der Waals surface area contributed by atoms with Gasteiger partial charge in [0.1, 0.15) is 15.0 Å². The molecule has 13 heavy (non-hydrogen) atoms. The number of imidazole rings is 1. The Balaban J connectivity index is 3.03. The minimum Gasteiger partial charge on any atom is -0.382 e. The van der Waals surface area contributed by atoms with Crippen LogP contribution >= 0.6 is 22.6 Å². The number of anilines is 1. The smallest absolute Gasteiger partial charge is 0.150 e. The van der Waals surface area contributed by atoms with Crippen molar-refractivity contribution in [1.82, 2.24) is 14.4 Å². The highest BCUT2D eigenvalue weighted by Crippen LogP contribution is 2.20. The van der Waals surface area contributed by atoms with Gasteiger partial charge < -0.3 is 5.73 Å². The standard InChI is InChI=1S/C8H9IN4/c1-4-3-11-8(10)6-7(9)12-5(2)13(4)6/h3H,1-2H3,(H2,10,11). The lowest BCUT2D eigenvalue weighted by Crippen LogP contribution is -2.00. The minimum absolute atomic E-state index is 0.538. The van der Waals surface area contributed by atoms with Crippen molar-refractivity contribution in [1.29, 1.82) is 0 Å². The van der Waals surface area contributed by atoms with Crippen LogP contribution in [0.25, 0.3) is 5.52 Å². The molecule has 2 rings (SSSR count). The van der Waals surface area contributed by atoms with Gasteiger partial charge in [-0.15, -0.1) is 0 Å². The maximum Gasteiger partial charge on any atom is 0.150 e. The van der Waals surface area contributed by atoms with E-state index < -0.39 is 0 Å². The maximum absolute atomic E-state index is 5.76. The SMILES string of the molecule is Cc1cnc(N)c2c(I)nc(C)n12. The number of hydrogen-bond acceptors (Lipinski definition) is 3. The Hall–Kier alpha value is -0.850. The number of rotatable bonds is 0. The number of hydrogen-bond donors (Lipinski definition) is 1. The van der Waals surface area contributed by atoms with Crippen LogP contribution in [0.3, 0.4) is 0 Å². The zero-order chi connectivity index (χ0) is 9.59. The second kappa shape index (κ2) is 2.83. The highest BCUT2D eigenvalue weighted by Gasteiger charge is 2.10. The van der Waals surface area contributed by atoms with E-state index in [9.17, 15) is 0 Å². The Morgan fingerprint density at radius 2 is 2.15 bits per heavy atom. The first-order valence-corrected chi connectivity index (χ1v) is 4.94. The Labute approximate surface area is 89.3 Å². The number of aryl methyl sites for hydroxylation is 2. The highest BCUT2D eigenvalue weighted by molar-refractivity contribution is 14.1. The molecule has 2 aromatic heterocycles. The fourth-order valence-corrected chi connectivity index (χ4v) is 2.30. The molecule has 4 nitrogen and oxygen atoms in total. The molecule has 0 aliphatic rings. The molecule has 0 radical (unpaired) electrons. The lowest BCUT2D eigenvalue weighted by molar-refractivity contribution is 0.977. The Morgan fingerprint density at radius 3 is 2.77 bits per heavy atom. The van der Waals surface area contributed by atoms with Crippen LogP contribution in [-0.4, -0.2) is 14.4 Å². The van der Waals surface area contributed by atoms with Crippen molar-refractivity contribution in [2.24, 2.45) is 0 Å². The van der Waals surface area contributed by atoms with E-state index in [1.54, 1.807) is 6.20 Å². The second-order valence-electron chi connectivity index (χ2n) is 2.92. The van der Waals surface area contributed by atoms with Crippen LogP contribution in [0.4, 0.5) is 5.82 Å². The maximum atomic E-state index is 5.76. The minimum atomic E-state index is 0.538. The zero-order valence-corrected chi connectivity index (χ0v) is 9.53. The van der Waals surface area contributed by atoms with Crippen molar-refractivity contribution in [2.45, 2.75) is 13.8 Å². The molecule has 0 unspecified atom stereocenters. The predicted octanol–water partition coefficient (Wildman–Crippen LogP) is 1.53. The van der Waals surface area contributed by atoms with E-state index in [0.717, 1.165) is 20.7 Å². The van der Waals surface area contributed by atoms with Gasteiger partial charge in [0, 0.05) is 11.9 Å². The molecular formula is C8H9IN4. The van der Waals surface area contributed by atoms with Gasteiger partial charge in [-0.05, 0) is 36.4 Å². The third kappa shape index (κ3) is 1.18. The number of fused-ring (bicyclic) bond motifs is 1. The number of nitrogens with two attached hydrogens (primary N) is 1. The van der Waals surface area contributed by atoms with Gasteiger partial charge in [-0.2, -0.15) is 0 Å². The first-order chi connectivity index (χ1) is 6.11. The van der Waals surface area contributed by atoms with Gasteiger partial charge in [-0.3, -0.25) is 4.40 Å². The topological polar surface area (TPSA) is 56.2 Å². The van der Waals surface area contributed by atoms with Crippen LogP contribution in [0.5, 0.6) is 0 Å². The van der Waals surface area contributed by atoms with Crippen molar-refractivity contribution < 1.29 is 0 Å². The molecule has 0 aliphatic carbocycles. The van der Waals surface area contributed by atoms with Crippen molar-refractivity contribution in [2.75, 3.05) is 5.73 Å². The molecule has 2 heterocycles. The molecule has 0 saturated heterocycles. The van der Waals surface area contributed by atoms with Gasteiger partial charge in [0.05, 0.1) is 0 Å². The van der Waals surface area contributed by atoms with Crippen molar-refractivity contribution in [3.05, 3.63) is 21.4 Å². The number of nitrogen functional groups attached to an aromatic ring is 1. The number of aromatic nitrogens is 3. The summed E-state index contributed by atoms with van der Waals surface area (Å²) >= 11 is 2.17. The van der Waals surface area contributed by atoms with Gasteiger partial charge in [-0.25, -0.2) is 9.97 Å². The highest BCUT2D eigenvalue weighted by atomic mass is 127. The Kier molecular flexibility index (Phi) is 1.90. The third-order valence-corrected chi connectivity index (χ3v) is 2.74. The lowest BCUT2D eigenvalue weighted by atomic mass is 10.4. The van der Waals surface area contributed by atoms with E-state index in [-0.39, 0.29) is 0 Å². The summed E-state index contributed by atoms with van der Waals surface area (Å²) in [6.07, 6.45) is 1.76. The Bertz CT molecular complexity index is 432. The van der Waals surface area contributed by atoms with Gasteiger partial charge in [-0.1, -0.05) is 0 Å². The quantitative estimate of drug-likeness (QED) is 0.748. The molecule has 0 saturated carbocycles. The summed E-state index contributed by atoms with van der Waals surface area (Å²) in [6, 6.07) is 0. The second-order valence-corrected chi connectivity index (χ2v) is 3.94. The van der Waals surface area contributed by atoms with Crippen LogP contribution in [0, 0.1) is 17.5 Å². The van der Waals surface area contributed by atoms with Crippen LogP contribution < -0.4 is 5.73 Å². The monoisotopic (exact) mass is 288 g/mol. The molecular weight excluding hydrogens is 279 g/mol. The van der Waals surface area contributed by atoms with E-state index in [2.05, 4.69) is 32.6 Å². The fourth-order valence-electron chi connectivity index (χ4n) is 1.43. The summed E-state index contributed by atoms with van der Waals surface area (Å²) < 4.78 is 2.92. The molecule has 0 aromatic carbocycles. The molecule has 0 aliphatic heterocycles. The molecule has 0 spiro atoms. The third-order valence-electron chi connectivity index (χ3n) is 1.99. The first-order valence-electron chi connectivity index (χ1n) is 3.87. The molecule has 0 fully saturated rings. The average Bonchev–Trinajstić information content (AvgIpc) is 2.36. The molecule has 68 valence electrons. The van der Waals surface area contributed by atoms with E-state index in [1.807, 2.05) is 18.2 Å². The molecule has 0 bridgehead atoms. The molecule has 0 amide bonds. The van der Waals surface area contributed by atoms with Crippen LogP contribution in [0.2, 0.25) is 0 Å². The first kappa shape index (κ1) is 8.74. The summed E-state index contributed by atoms with van der Waals surface area (Å²) in [7, 11) is 0. The van der Waals surface area contributed by atoms with Crippen molar-refractivity contribution >= 4 is 33.9 Å². The van der Waals surface area contributed by atoms with E-state index >= 15 is 0 Å². The molecule has 2 aromatic rings. The zero-order valence-electron chi connectivity index (χ0n) is 7.37. The number of nitrogens with zero attached hydrogens (tertiary/aromatic N) is 3. The lowest BCUT2D eigenvalue weighted by Gasteiger charge is -2.02. The van der Waals surface area contributed by atoms with Gasteiger partial charge in [0.25, 0.3) is 0 Å². The fraction of sp³-hybridized carbons (Fsp3) is 0.250. The summed E-state index contributed by atoms with van der Waals surface area (Å²) in [5.74, 6) is 1.49. The van der Waals surface area contributed by atoms with E-state index in [0.29, 0.717) is 5.82 Å². The molecule has 2 N–H and O–H groups in total. The van der Waals surface area contributed by atoms with Crippen LogP contribution in [-0.2, 0) is 0 Å². The molecule has 0 atom stereocenters. The van der Waals surface area contributed by atoms with E-state index in [4.69, 9.17) is 5.73 Å².